The third-order valence-electron chi connectivity index (χ3n) is 7.44. The van der Waals surface area contributed by atoms with E-state index in [-0.39, 0.29) is 30.1 Å². The Morgan fingerprint density at radius 2 is 1.50 bits per heavy atom. The lowest BCUT2D eigenvalue weighted by atomic mass is 9.82. The number of ether oxygens (including phenoxy) is 2. The predicted octanol–water partition coefficient (Wildman–Crippen LogP) is 7.98. The van der Waals surface area contributed by atoms with Crippen molar-refractivity contribution in [2.45, 2.75) is 161 Å². The van der Waals surface area contributed by atoms with E-state index in [1.165, 1.54) is 57.8 Å². The van der Waals surface area contributed by atoms with Crippen molar-refractivity contribution >= 4 is 0 Å². The Morgan fingerprint density at radius 3 is 2.08 bits per heavy atom. The number of hydrogen-bond donors (Lipinski definition) is 3. The second-order valence-corrected chi connectivity index (χ2v) is 11.2. The van der Waals surface area contributed by atoms with E-state index in [1.807, 2.05) is 6.92 Å². The van der Waals surface area contributed by atoms with Crippen molar-refractivity contribution in [3.63, 3.8) is 0 Å². The normalized spacial score (nSPS) is 23.8. The summed E-state index contributed by atoms with van der Waals surface area (Å²) in [7, 11) is 0. The highest BCUT2D eigenvalue weighted by atomic mass is 16.5. The van der Waals surface area contributed by atoms with Crippen LogP contribution in [0.5, 0.6) is 0 Å². The molecule has 0 amide bonds. The molecule has 1 saturated carbocycles. The Balaban J connectivity index is 2.77. The van der Waals surface area contributed by atoms with Crippen LogP contribution in [0, 0.1) is 5.92 Å². The maximum Gasteiger partial charge on any atom is 0.105 e. The van der Waals surface area contributed by atoms with E-state index < -0.39 is 6.10 Å². The molecule has 5 nitrogen and oxygen atoms in total. The van der Waals surface area contributed by atoms with Gasteiger partial charge in [-0.25, -0.2) is 0 Å². The van der Waals surface area contributed by atoms with E-state index >= 15 is 0 Å². The van der Waals surface area contributed by atoms with E-state index in [4.69, 9.17) is 9.47 Å². The van der Waals surface area contributed by atoms with Gasteiger partial charge >= 0.3 is 0 Å². The molecule has 5 heteroatoms. The lowest BCUT2D eigenvalue weighted by Gasteiger charge is -2.40. The minimum absolute atomic E-state index is 0.0745. The zero-order valence-corrected chi connectivity index (χ0v) is 24.1. The molecule has 0 aromatic rings. The fraction of sp³-hybridized carbons (Fsp3) is 0.871. The molecule has 6 atom stereocenters. The molecule has 3 N–H and O–H groups in total. The zero-order chi connectivity index (χ0) is 26.8. The van der Waals surface area contributed by atoms with Crippen molar-refractivity contribution in [3.05, 3.63) is 24.7 Å². The minimum Gasteiger partial charge on any atom is -0.513 e. The second-order valence-electron chi connectivity index (χ2n) is 11.2. The van der Waals surface area contributed by atoms with E-state index in [2.05, 4.69) is 39.2 Å². The van der Waals surface area contributed by atoms with Gasteiger partial charge in [0.1, 0.15) is 6.10 Å². The average molecular weight is 510 g/mol. The van der Waals surface area contributed by atoms with Gasteiger partial charge in [-0.3, -0.25) is 0 Å². The number of rotatable bonds is 22. The smallest absolute Gasteiger partial charge is 0.105 e. The number of nitrogens with one attached hydrogen (secondary N) is 1. The van der Waals surface area contributed by atoms with E-state index in [0.29, 0.717) is 18.9 Å². The highest BCUT2D eigenvalue weighted by Gasteiger charge is 2.37. The van der Waals surface area contributed by atoms with Crippen LogP contribution in [0.3, 0.4) is 0 Å². The van der Waals surface area contributed by atoms with Crippen molar-refractivity contribution in [2.75, 3.05) is 6.61 Å². The van der Waals surface area contributed by atoms with Crippen molar-refractivity contribution in [1.29, 1.82) is 0 Å². The van der Waals surface area contributed by atoms with Crippen LogP contribution in [-0.2, 0) is 9.47 Å². The van der Waals surface area contributed by atoms with Crippen LogP contribution in [0.1, 0.15) is 130 Å². The van der Waals surface area contributed by atoms with Crippen LogP contribution >= 0.6 is 0 Å². The highest BCUT2D eigenvalue weighted by molar-refractivity contribution is 4.96. The largest absolute Gasteiger partial charge is 0.513 e. The summed E-state index contributed by atoms with van der Waals surface area (Å²) >= 11 is 0. The van der Waals surface area contributed by atoms with Gasteiger partial charge in [0.15, 0.2) is 0 Å². The lowest BCUT2D eigenvalue weighted by Crippen LogP contribution is -2.55. The Bertz CT molecular complexity index is 581. The summed E-state index contributed by atoms with van der Waals surface area (Å²) in [5.74, 6) is 1.42. The van der Waals surface area contributed by atoms with Gasteiger partial charge in [-0.1, -0.05) is 91.7 Å². The lowest BCUT2D eigenvalue weighted by molar-refractivity contribution is -0.0846. The van der Waals surface area contributed by atoms with Gasteiger partial charge in [-0.05, 0) is 44.9 Å². The molecule has 0 aliphatic heterocycles. The molecule has 5 unspecified atom stereocenters. The summed E-state index contributed by atoms with van der Waals surface area (Å²) in [4.78, 5) is 0. The predicted molar refractivity (Wildman–Crippen MR) is 152 cm³/mol. The van der Waals surface area contributed by atoms with Crippen LogP contribution in [0.4, 0.5) is 0 Å². The molecule has 1 rings (SSSR count). The minimum atomic E-state index is -0.427. The van der Waals surface area contributed by atoms with Gasteiger partial charge in [0.25, 0.3) is 0 Å². The first kappa shape index (κ1) is 33.0. The maximum atomic E-state index is 10.7. The van der Waals surface area contributed by atoms with Crippen molar-refractivity contribution < 1.29 is 19.7 Å². The SMILES string of the molecule is C=C(O)CC(CCCCCCC)OC(=C)CC(CCCCCCC)NC1CC(C)C[C@@H](O)C1OCC. The van der Waals surface area contributed by atoms with Crippen LogP contribution < -0.4 is 5.32 Å². The Labute approximate surface area is 223 Å². The fourth-order valence-corrected chi connectivity index (χ4v) is 5.60. The standard InChI is InChI=1S/C31H59NO4/c1-7-10-12-14-16-18-27(32-29-20-24(4)21-30(34)31(29)35-9-3)23-26(6)36-28(22-25(5)33)19-17-15-13-11-8-2/h24,27-34H,5-23H2,1-4H3/t24?,27?,28?,29?,30-,31?/m1/s1. The molecule has 0 heterocycles. The molecule has 212 valence electrons. The summed E-state index contributed by atoms with van der Waals surface area (Å²) in [5.41, 5.74) is 0. The summed E-state index contributed by atoms with van der Waals surface area (Å²) in [6, 6.07) is 0.357. The molecule has 1 aliphatic rings. The molecular weight excluding hydrogens is 450 g/mol. The molecule has 0 bridgehead atoms. The topological polar surface area (TPSA) is 71.0 Å². The molecule has 0 saturated heterocycles. The summed E-state index contributed by atoms with van der Waals surface area (Å²) in [6.07, 6.45) is 16.6. The average Bonchev–Trinajstić information content (AvgIpc) is 2.80. The van der Waals surface area contributed by atoms with Gasteiger partial charge < -0.3 is 25.0 Å². The molecule has 1 fully saturated rings. The number of aliphatic hydroxyl groups excluding tert-OH is 2. The molecule has 0 aromatic heterocycles. The quantitative estimate of drug-likeness (QED) is 0.102. The zero-order valence-electron chi connectivity index (χ0n) is 24.1. The monoisotopic (exact) mass is 509 g/mol. The van der Waals surface area contributed by atoms with Gasteiger partial charge in [-0.15, -0.1) is 0 Å². The maximum absolute atomic E-state index is 10.7. The molecule has 1 aliphatic carbocycles. The molecule has 0 aromatic carbocycles. The number of hydrogen-bond acceptors (Lipinski definition) is 5. The Hall–Kier alpha value is -1.04. The molecule has 0 spiro atoms. The van der Waals surface area contributed by atoms with Crippen LogP contribution in [-0.4, -0.2) is 47.2 Å². The summed E-state index contributed by atoms with van der Waals surface area (Å²) < 4.78 is 12.3. The third kappa shape index (κ3) is 14.6. The van der Waals surface area contributed by atoms with Gasteiger partial charge in [0, 0.05) is 31.5 Å². The number of unbranched alkanes of at least 4 members (excludes halogenated alkanes) is 8. The highest BCUT2D eigenvalue weighted by Crippen LogP contribution is 2.29. The van der Waals surface area contributed by atoms with Gasteiger partial charge in [0.2, 0.25) is 0 Å². The van der Waals surface area contributed by atoms with Gasteiger partial charge in [0.05, 0.1) is 23.7 Å². The second kappa shape index (κ2) is 20.0. The van der Waals surface area contributed by atoms with E-state index in [0.717, 1.165) is 44.3 Å². The van der Waals surface area contributed by atoms with E-state index in [1.54, 1.807) is 0 Å². The molecular formula is C31H59NO4. The first-order valence-electron chi connectivity index (χ1n) is 15.1. The Morgan fingerprint density at radius 1 is 0.889 bits per heavy atom. The van der Waals surface area contributed by atoms with Crippen LogP contribution in [0.25, 0.3) is 0 Å². The van der Waals surface area contributed by atoms with Gasteiger partial charge in [-0.2, -0.15) is 0 Å². The summed E-state index contributed by atoms with van der Waals surface area (Å²) in [6.45, 7) is 17.3. The number of aliphatic hydroxyl groups is 2. The first-order chi connectivity index (χ1) is 17.3. The first-order valence-corrected chi connectivity index (χ1v) is 15.1. The fourth-order valence-electron chi connectivity index (χ4n) is 5.60. The van der Waals surface area contributed by atoms with Crippen LogP contribution in [0.2, 0.25) is 0 Å². The summed E-state index contributed by atoms with van der Waals surface area (Å²) in [5, 5.41) is 24.4. The van der Waals surface area contributed by atoms with E-state index in [9.17, 15) is 10.2 Å². The van der Waals surface area contributed by atoms with Crippen molar-refractivity contribution in [1.82, 2.24) is 5.32 Å². The third-order valence-corrected chi connectivity index (χ3v) is 7.44. The molecule has 0 radical (unpaired) electrons. The Kier molecular flexibility index (Phi) is 18.3. The van der Waals surface area contributed by atoms with Crippen molar-refractivity contribution in [3.8, 4) is 0 Å². The van der Waals surface area contributed by atoms with Crippen molar-refractivity contribution in [2.24, 2.45) is 5.92 Å². The van der Waals surface area contributed by atoms with Crippen LogP contribution in [0.15, 0.2) is 24.7 Å². The molecule has 36 heavy (non-hydrogen) atoms.